The average Bonchev–Trinajstić information content (AvgIpc) is 3.36. The summed E-state index contributed by atoms with van der Waals surface area (Å²) in [5, 5.41) is 12.9. The Hall–Kier alpha value is -3.02. The number of rotatable bonds is 8. The Morgan fingerprint density at radius 3 is 2.97 bits per heavy atom. The third-order valence-electron chi connectivity index (χ3n) is 6.45. The Labute approximate surface area is 202 Å². The molecule has 1 aliphatic heterocycles. The highest BCUT2D eigenvalue weighted by Crippen LogP contribution is 2.36. The van der Waals surface area contributed by atoms with Crippen molar-refractivity contribution < 1.29 is 19.0 Å². The number of halogens is 1. The fourth-order valence-corrected chi connectivity index (χ4v) is 5.21. The van der Waals surface area contributed by atoms with Crippen LogP contribution in [0.1, 0.15) is 42.4 Å². The number of pyridine rings is 1. The van der Waals surface area contributed by atoms with Crippen molar-refractivity contribution in [2.45, 2.75) is 31.9 Å². The van der Waals surface area contributed by atoms with Crippen LogP contribution in [0.25, 0.3) is 10.9 Å². The number of carboxylic acid groups (broad SMARTS) is 1. The molecule has 1 aromatic carbocycles. The topological polar surface area (TPSA) is 75.5 Å². The van der Waals surface area contributed by atoms with Gasteiger partial charge in [-0.3, -0.25) is 14.7 Å². The number of aromatic nitrogens is 2. The Balaban J connectivity index is 1.39. The van der Waals surface area contributed by atoms with Gasteiger partial charge in [-0.05, 0) is 73.4 Å². The highest BCUT2D eigenvalue weighted by atomic mass is 32.1. The first-order chi connectivity index (χ1) is 16.5. The van der Waals surface area contributed by atoms with Crippen molar-refractivity contribution in [2.75, 3.05) is 26.7 Å². The summed E-state index contributed by atoms with van der Waals surface area (Å²) in [5.41, 5.74) is 1.34. The lowest BCUT2D eigenvalue weighted by Crippen LogP contribution is -2.41. The van der Waals surface area contributed by atoms with Crippen molar-refractivity contribution >= 4 is 28.2 Å². The van der Waals surface area contributed by atoms with Gasteiger partial charge in [0.25, 0.3) is 0 Å². The molecular formula is C26H28FN3O3S. The van der Waals surface area contributed by atoms with Crippen molar-refractivity contribution in [2.24, 2.45) is 11.8 Å². The van der Waals surface area contributed by atoms with Crippen LogP contribution in [-0.4, -0.2) is 52.7 Å². The molecule has 1 aliphatic rings. The fraction of sp³-hybridized carbons (Fsp3) is 0.423. The zero-order valence-corrected chi connectivity index (χ0v) is 19.9. The summed E-state index contributed by atoms with van der Waals surface area (Å²) in [4.78, 5) is 22.2. The van der Waals surface area contributed by atoms with E-state index in [0.717, 1.165) is 28.9 Å². The SMILES string of the molecule is COc1ccc2nccc([C@@H](F)CC[C@@H]3CCN(CC#Cc4nccs4)C[C@@H]3CC(=O)O)c2c1. The summed E-state index contributed by atoms with van der Waals surface area (Å²) in [6.45, 7) is 2.08. The third kappa shape index (κ3) is 6.10. The summed E-state index contributed by atoms with van der Waals surface area (Å²) in [5.74, 6) is 6.20. The molecule has 3 aromatic rings. The van der Waals surface area contributed by atoms with Crippen molar-refractivity contribution in [1.82, 2.24) is 14.9 Å². The number of benzene rings is 1. The molecule has 3 atom stereocenters. The van der Waals surface area contributed by atoms with E-state index in [0.29, 0.717) is 37.2 Å². The Morgan fingerprint density at radius 2 is 2.21 bits per heavy atom. The molecule has 0 unspecified atom stereocenters. The van der Waals surface area contributed by atoms with Crippen LogP contribution in [0.2, 0.25) is 0 Å². The second-order valence-corrected chi connectivity index (χ2v) is 9.50. The van der Waals surface area contributed by atoms with Gasteiger partial charge in [-0.15, -0.1) is 11.3 Å². The number of thiazole rings is 1. The Kier molecular flexibility index (Phi) is 8.09. The zero-order chi connectivity index (χ0) is 23.9. The largest absolute Gasteiger partial charge is 0.497 e. The molecule has 0 aliphatic carbocycles. The quantitative estimate of drug-likeness (QED) is 0.459. The minimum Gasteiger partial charge on any atom is -0.497 e. The van der Waals surface area contributed by atoms with E-state index in [-0.39, 0.29) is 18.3 Å². The molecular weight excluding hydrogens is 453 g/mol. The van der Waals surface area contributed by atoms with E-state index in [2.05, 4.69) is 26.7 Å². The van der Waals surface area contributed by atoms with Gasteiger partial charge in [0.05, 0.1) is 19.2 Å². The van der Waals surface area contributed by atoms with E-state index in [4.69, 9.17) is 4.74 Å². The van der Waals surface area contributed by atoms with Gasteiger partial charge in [0.15, 0.2) is 5.01 Å². The molecule has 4 rings (SSSR count). The van der Waals surface area contributed by atoms with Crippen LogP contribution in [0.15, 0.2) is 42.0 Å². The highest BCUT2D eigenvalue weighted by Gasteiger charge is 2.31. The monoisotopic (exact) mass is 481 g/mol. The maximum absolute atomic E-state index is 15.4. The zero-order valence-electron chi connectivity index (χ0n) is 19.1. The number of alkyl halides is 1. The molecule has 6 nitrogen and oxygen atoms in total. The van der Waals surface area contributed by atoms with Gasteiger partial charge in [0.1, 0.15) is 11.9 Å². The number of methoxy groups -OCH3 is 1. The van der Waals surface area contributed by atoms with Crippen molar-refractivity contribution in [3.63, 3.8) is 0 Å². The predicted octanol–water partition coefficient (Wildman–Crippen LogP) is 4.96. The fourth-order valence-electron chi connectivity index (χ4n) is 4.71. The molecule has 0 amide bonds. The van der Waals surface area contributed by atoms with Gasteiger partial charge < -0.3 is 9.84 Å². The molecule has 1 N–H and O–H groups in total. The third-order valence-corrected chi connectivity index (χ3v) is 7.14. The lowest BCUT2D eigenvalue weighted by molar-refractivity contribution is -0.139. The standard InChI is InChI=1S/C26H28FN3O3S/c1-33-20-5-7-24-22(16-20)21(8-10-28-24)23(27)6-4-18-9-13-30(17-19(18)15-26(31)32)12-2-3-25-29-11-14-34-25/h5,7-8,10-11,14,16,18-19,23H,4,6,9,12-13,15,17H2,1H3,(H,31,32)/t18-,19+,23+/m1/s1. The van der Waals surface area contributed by atoms with Crippen LogP contribution in [0.5, 0.6) is 5.75 Å². The Bertz CT molecular complexity index is 1170. The van der Waals surface area contributed by atoms with Gasteiger partial charge in [-0.25, -0.2) is 9.37 Å². The number of piperidine rings is 1. The maximum Gasteiger partial charge on any atom is 0.303 e. The van der Waals surface area contributed by atoms with Gasteiger partial charge in [-0.2, -0.15) is 0 Å². The molecule has 0 radical (unpaired) electrons. The van der Waals surface area contributed by atoms with Crippen LogP contribution in [0.4, 0.5) is 4.39 Å². The summed E-state index contributed by atoms with van der Waals surface area (Å²) in [6, 6.07) is 7.20. The van der Waals surface area contributed by atoms with Crippen molar-refractivity contribution in [1.29, 1.82) is 0 Å². The molecule has 0 bridgehead atoms. The number of fused-ring (bicyclic) bond motifs is 1. The van der Waals surface area contributed by atoms with Gasteiger partial charge in [0.2, 0.25) is 0 Å². The second kappa shape index (κ2) is 11.4. The molecule has 1 fully saturated rings. The van der Waals surface area contributed by atoms with Crippen LogP contribution in [0.3, 0.4) is 0 Å². The minimum atomic E-state index is -1.15. The number of carbonyl (C=O) groups is 1. The van der Waals surface area contributed by atoms with E-state index in [1.54, 1.807) is 25.6 Å². The minimum absolute atomic E-state index is 0.0191. The van der Waals surface area contributed by atoms with E-state index in [9.17, 15) is 9.90 Å². The number of aliphatic carboxylic acids is 1. The number of ether oxygens (including phenoxy) is 1. The molecule has 3 heterocycles. The lowest BCUT2D eigenvalue weighted by Gasteiger charge is -2.37. The van der Waals surface area contributed by atoms with Crippen LogP contribution < -0.4 is 4.74 Å². The van der Waals surface area contributed by atoms with E-state index in [1.165, 1.54) is 11.3 Å². The highest BCUT2D eigenvalue weighted by molar-refractivity contribution is 7.10. The molecule has 1 saturated heterocycles. The first-order valence-corrected chi connectivity index (χ1v) is 12.3. The summed E-state index contributed by atoms with van der Waals surface area (Å²) in [7, 11) is 1.59. The average molecular weight is 482 g/mol. The maximum atomic E-state index is 15.4. The molecule has 8 heteroatoms. The van der Waals surface area contributed by atoms with Crippen LogP contribution in [-0.2, 0) is 4.79 Å². The molecule has 0 saturated carbocycles. The summed E-state index contributed by atoms with van der Waals surface area (Å²) < 4.78 is 20.7. The predicted molar refractivity (Wildman–Crippen MR) is 131 cm³/mol. The van der Waals surface area contributed by atoms with E-state index in [1.807, 2.05) is 23.6 Å². The number of nitrogens with zero attached hydrogens (tertiary/aromatic N) is 3. The first-order valence-electron chi connectivity index (χ1n) is 11.4. The van der Waals surface area contributed by atoms with Crippen LogP contribution in [0, 0.1) is 23.7 Å². The van der Waals surface area contributed by atoms with E-state index >= 15 is 4.39 Å². The molecule has 34 heavy (non-hydrogen) atoms. The molecule has 0 spiro atoms. The second-order valence-electron chi connectivity index (χ2n) is 8.61. The van der Waals surface area contributed by atoms with Gasteiger partial charge in [0, 0.05) is 36.1 Å². The van der Waals surface area contributed by atoms with Crippen LogP contribution >= 0.6 is 11.3 Å². The summed E-state index contributed by atoms with van der Waals surface area (Å²) in [6.07, 6.45) is 4.14. The van der Waals surface area contributed by atoms with Gasteiger partial charge >= 0.3 is 5.97 Å². The van der Waals surface area contributed by atoms with Crippen molar-refractivity contribution in [3.05, 3.63) is 52.6 Å². The smallest absolute Gasteiger partial charge is 0.303 e. The number of hydrogen-bond donors (Lipinski definition) is 1. The molecule has 178 valence electrons. The molecule has 2 aromatic heterocycles. The Morgan fingerprint density at radius 1 is 1.32 bits per heavy atom. The number of likely N-dealkylation sites (tertiary alicyclic amines) is 1. The summed E-state index contributed by atoms with van der Waals surface area (Å²) >= 11 is 1.50. The van der Waals surface area contributed by atoms with E-state index < -0.39 is 12.1 Å². The van der Waals surface area contributed by atoms with Gasteiger partial charge in [-0.1, -0.05) is 5.92 Å². The lowest BCUT2D eigenvalue weighted by atomic mass is 9.79. The normalized spacial score (nSPS) is 19.4. The van der Waals surface area contributed by atoms with Crippen molar-refractivity contribution in [3.8, 4) is 17.6 Å². The first kappa shape index (κ1) is 24.1. The number of carboxylic acids is 1. The number of hydrogen-bond acceptors (Lipinski definition) is 6.